The van der Waals surface area contributed by atoms with E-state index in [1.807, 2.05) is 91.0 Å². The predicted octanol–water partition coefficient (Wildman–Crippen LogP) is 6.11. The molecule has 144 valence electrons. The van der Waals surface area contributed by atoms with Crippen molar-refractivity contribution in [1.82, 2.24) is 0 Å². The van der Waals surface area contributed by atoms with E-state index in [2.05, 4.69) is 10.7 Å². The van der Waals surface area contributed by atoms with Crippen LogP contribution >= 0.6 is 0 Å². The smallest absolute Gasteiger partial charge is 0.148 e. The van der Waals surface area contributed by atoms with Crippen LogP contribution in [-0.4, -0.2) is 0 Å². The van der Waals surface area contributed by atoms with Gasteiger partial charge >= 0.3 is 0 Å². The van der Waals surface area contributed by atoms with Gasteiger partial charge < -0.3 is 10.7 Å². The monoisotopic (exact) mass is 383 g/mol. The van der Waals surface area contributed by atoms with Crippen molar-refractivity contribution in [1.29, 1.82) is 0 Å². The summed E-state index contributed by atoms with van der Waals surface area (Å²) in [5, 5.41) is 3.36. The summed E-state index contributed by atoms with van der Waals surface area (Å²) in [5.41, 5.74) is 8.53. The highest BCUT2D eigenvalue weighted by atomic mass is 19.1. The molecule has 0 heterocycles. The van der Waals surface area contributed by atoms with Crippen LogP contribution in [0, 0.1) is 5.82 Å². The van der Waals surface area contributed by atoms with Crippen LogP contribution in [0.3, 0.4) is 0 Å². The van der Waals surface area contributed by atoms with Gasteiger partial charge in [0.05, 0.1) is 5.69 Å². The van der Waals surface area contributed by atoms with Gasteiger partial charge in [0.25, 0.3) is 0 Å². The maximum atomic E-state index is 14.7. The number of hydrogen-bond acceptors (Lipinski definition) is 3. The van der Waals surface area contributed by atoms with Crippen LogP contribution in [0.1, 0.15) is 11.1 Å². The van der Waals surface area contributed by atoms with Crippen molar-refractivity contribution in [3.05, 3.63) is 114 Å². The third kappa shape index (κ3) is 4.45. The Kier molecular flexibility index (Phi) is 5.54. The first-order valence-corrected chi connectivity index (χ1v) is 9.48. The first-order valence-electron chi connectivity index (χ1n) is 9.48. The summed E-state index contributed by atoms with van der Waals surface area (Å²) in [6.45, 7) is 0. The van der Waals surface area contributed by atoms with E-state index in [9.17, 15) is 4.39 Å². The van der Waals surface area contributed by atoms with Crippen molar-refractivity contribution < 1.29 is 4.39 Å². The maximum Gasteiger partial charge on any atom is 0.148 e. The molecular formula is C25H22FN3. The van der Waals surface area contributed by atoms with Crippen LogP contribution in [0.5, 0.6) is 0 Å². The molecule has 0 aliphatic carbocycles. The van der Waals surface area contributed by atoms with E-state index in [1.165, 1.54) is 6.07 Å². The molecule has 4 N–H and O–H groups in total. The summed E-state index contributed by atoms with van der Waals surface area (Å²) in [7, 11) is 0. The molecule has 4 aromatic carbocycles. The second-order valence-corrected chi connectivity index (χ2v) is 6.87. The van der Waals surface area contributed by atoms with Gasteiger partial charge in [0.1, 0.15) is 5.82 Å². The number of halogens is 1. The van der Waals surface area contributed by atoms with E-state index in [0.29, 0.717) is 12.1 Å². The summed E-state index contributed by atoms with van der Waals surface area (Å²) < 4.78 is 14.7. The summed E-state index contributed by atoms with van der Waals surface area (Å²) >= 11 is 0. The van der Waals surface area contributed by atoms with Crippen LogP contribution in [0.4, 0.5) is 21.5 Å². The highest BCUT2D eigenvalue weighted by molar-refractivity contribution is 5.72. The predicted molar refractivity (Wildman–Crippen MR) is 119 cm³/mol. The molecule has 0 spiro atoms. The van der Waals surface area contributed by atoms with Gasteiger partial charge in [-0.1, -0.05) is 60.7 Å². The van der Waals surface area contributed by atoms with Gasteiger partial charge in [-0.2, -0.15) is 0 Å². The van der Waals surface area contributed by atoms with Gasteiger partial charge in [-0.25, -0.2) is 4.39 Å². The number of nitrogens with two attached hydrogens (primary N) is 1. The number of hydrogen-bond donors (Lipinski definition) is 3. The molecular weight excluding hydrogens is 361 g/mol. The third-order valence-electron chi connectivity index (χ3n) is 4.83. The standard InChI is InChI=1S/C25H22FN3/c26-24-17-20(16-21(25(24)29-27)15-18-7-3-1-4-8-18)19-11-13-23(14-12-19)28-22-9-5-2-6-10-22/h1-14,16-17,28-29H,15,27H2. The van der Waals surface area contributed by atoms with Gasteiger partial charge in [-0.15, -0.1) is 0 Å². The van der Waals surface area contributed by atoms with Crippen molar-refractivity contribution in [3.63, 3.8) is 0 Å². The Morgan fingerprint density at radius 1 is 0.690 bits per heavy atom. The molecule has 0 bridgehead atoms. The van der Waals surface area contributed by atoms with Gasteiger partial charge in [-0.05, 0) is 65.1 Å². The molecule has 0 aromatic heterocycles. The van der Waals surface area contributed by atoms with E-state index in [-0.39, 0.29) is 5.82 Å². The Bertz CT molecular complexity index is 1080. The van der Waals surface area contributed by atoms with E-state index in [4.69, 9.17) is 5.84 Å². The summed E-state index contributed by atoms with van der Waals surface area (Å²) in [4.78, 5) is 0. The molecule has 3 nitrogen and oxygen atoms in total. The number of rotatable bonds is 6. The molecule has 0 atom stereocenters. The fourth-order valence-corrected chi connectivity index (χ4v) is 3.38. The molecule has 29 heavy (non-hydrogen) atoms. The number of benzene rings is 4. The first-order chi connectivity index (χ1) is 14.2. The summed E-state index contributed by atoms with van der Waals surface area (Å²) in [6, 6.07) is 31.4. The van der Waals surface area contributed by atoms with Crippen molar-refractivity contribution in [2.75, 3.05) is 10.7 Å². The fraction of sp³-hybridized carbons (Fsp3) is 0.0400. The molecule has 0 aliphatic heterocycles. The first kappa shape index (κ1) is 18.7. The molecule has 0 unspecified atom stereocenters. The van der Waals surface area contributed by atoms with Crippen LogP contribution in [0.15, 0.2) is 97.1 Å². The zero-order valence-corrected chi connectivity index (χ0v) is 15.9. The van der Waals surface area contributed by atoms with Crippen LogP contribution in [0.25, 0.3) is 11.1 Å². The number of nitrogens with one attached hydrogen (secondary N) is 2. The molecule has 0 saturated heterocycles. The topological polar surface area (TPSA) is 50.1 Å². The highest BCUT2D eigenvalue weighted by Gasteiger charge is 2.12. The number of hydrazine groups is 1. The molecule has 0 saturated carbocycles. The Hall–Kier alpha value is -3.63. The molecule has 0 amide bonds. The number of anilines is 3. The average Bonchev–Trinajstić information content (AvgIpc) is 2.75. The van der Waals surface area contributed by atoms with E-state index in [0.717, 1.165) is 33.6 Å². The van der Waals surface area contributed by atoms with Crippen molar-refractivity contribution in [2.45, 2.75) is 6.42 Å². The zero-order chi connectivity index (χ0) is 20.1. The van der Waals surface area contributed by atoms with Gasteiger partial charge in [-0.3, -0.25) is 5.84 Å². The van der Waals surface area contributed by atoms with E-state index >= 15 is 0 Å². The number of nitrogen functional groups attached to an aromatic ring is 1. The van der Waals surface area contributed by atoms with Gasteiger partial charge in [0, 0.05) is 11.4 Å². The average molecular weight is 383 g/mol. The largest absolute Gasteiger partial charge is 0.356 e. The highest BCUT2D eigenvalue weighted by Crippen LogP contribution is 2.30. The Balaban J connectivity index is 1.62. The molecule has 0 fully saturated rings. The van der Waals surface area contributed by atoms with Crippen molar-refractivity contribution >= 4 is 17.1 Å². The Labute approximate surface area is 170 Å². The maximum absolute atomic E-state index is 14.7. The lowest BCUT2D eigenvalue weighted by atomic mass is 9.97. The third-order valence-corrected chi connectivity index (χ3v) is 4.83. The van der Waals surface area contributed by atoms with Crippen LogP contribution in [0.2, 0.25) is 0 Å². The second kappa shape index (κ2) is 8.59. The van der Waals surface area contributed by atoms with Crippen molar-refractivity contribution in [2.24, 2.45) is 5.84 Å². The Morgan fingerprint density at radius 3 is 1.97 bits per heavy atom. The quantitative estimate of drug-likeness (QED) is 0.278. The molecule has 4 aromatic rings. The zero-order valence-electron chi connectivity index (χ0n) is 15.9. The minimum absolute atomic E-state index is 0.333. The van der Waals surface area contributed by atoms with Crippen molar-refractivity contribution in [3.8, 4) is 11.1 Å². The summed E-state index contributed by atoms with van der Waals surface area (Å²) in [5.74, 6) is 5.23. The van der Waals surface area contributed by atoms with E-state index < -0.39 is 0 Å². The second-order valence-electron chi connectivity index (χ2n) is 6.87. The summed E-state index contributed by atoms with van der Waals surface area (Å²) in [6.07, 6.45) is 0.596. The van der Waals surface area contributed by atoms with E-state index in [1.54, 1.807) is 0 Å². The number of para-hydroxylation sites is 1. The SMILES string of the molecule is NNc1c(F)cc(-c2ccc(Nc3ccccc3)cc2)cc1Cc1ccccc1. The molecule has 0 aliphatic rings. The molecule has 4 rings (SSSR count). The van der Waals surface area contributed by atoms with Crippen LogP contribution < -0.4 is 16.6 Å². The minimum Gasteiger partial charge on any atom is -0.356 e. The lowest BCUT2D eigenvalue weighted by Gasteiger charge is -2.14. The lowest BCUT2D eigenvalue weighted by molar-refractivity contribution is 0.629. The Morgan fingerprint density at radius 2 is 1.31 bits per heavy atom. The lowest BCUT2D eigenvalue weighted by Crippen LogP contribution is -2.12. The van der Waals surface area contributed by atoms with Crippen LogP contribution in [-0.2, 0) is 6.42 Å². The molecule has 0 radical (unpaired) electrons. The van der Waals surface area contributed by atoms with Gasteiger partial charge in [0.15, 0.2) is 0 Å². The molecule has 4 heteroatoms. The minimum atomic E-state index is -0.359. The fourth-order valence-electron chi connectivity index (χ4n) is 3.38. The van der Waals surface area contributed by atoms with Gasteiger partial charge in [0.2, 0.25) is 0 Å². The normalized spacial score (nSPS) is 10.6.